The molecule has 2 rings (SSSR count). The third-order valence-corrected chi connectivity index (χ3v) is 3.59. The van der Waals surface area contributed by atoms with Gasteiger partial charge in [0.2, 0.25) is 5.91 Å². The van der Waals surface area contributed by atoms with Gasteiger partial charge < -0.3 is 10.2 Å². The summed E-state index contributed by atoms with van der Waals surface area (Å²) < 4.78 is 0. The van der Waals surface area contributed by atoms with Crippen molar-refractivity contribution >= 4 is 18.3 Å². The topological polar surface area (TPSA) is 32.3 Å². The quantitative estimate of drug-likeness (QED) is 0.923. The molecule has 0 spiro atoms. The van der Waals surface area contributed by atoms with Crippen LogP contribution in [-0.4, -0.2) is 36.5 Å². The number of carbonyl (C=O) groups is 1. The van der Waals surface area contributed by atoms with Crippen molar-refractivity contribution in [3.05, 3.63) is 35.9 Å². The molecule has 4 heteroatoms. The molecule has 2 unspecified atom stereocenters. The van der Waals surface area contributed by atoms with E-state index in [0.717, 1.165) is 31.6 Å². The lowest BCUT2D eigenvalue weighted by Gasteiger charge is -2.34. The summed E-state index contributed by atoms with van der Waals surface area (Å²) in [5, 5.41) is 3.37. The lowest BCUT2D eigenvalue weighted by atomic mass is 9.94. The zero-order chi connectivity index (χ0) is 13.0. The Morgan fingerprint density at radius 1 is 1.42 bits per heavy atom. The minimum Gasteiger partial charge on any atom is -0.339 e. The number of benzene rings is 1. The largest absolute Gasteiger partial charge is 0.339 e. The van der Waals surface area contributed by atoms with E-state index in [0.29, 0.717) is 6.04 Å². The van der Waals surface area contributed by atoms with Crippen molar-refractivity contribution in [2.24, 2.45) is 0 Å². The Labute approximate surface area is 121 Å². The van der Waals surface area contributed by atoms with Crippen LogP contribution in [0.2, 0.25) is 0 Å². The first kappa shape index (κ1) is 16.0. The number of hydrogen-bond donors (Lipinski definition) is 1. The van der Waals surface area contributed by atoms with E-state index in [9.17, 15) is 4.79 Å². The molecule has 0 aromatic heterocycles. The molecule has 1 amide bonds. The first-order valence-electron chi connectivity index (χ1n) is 6.79. The predicted octanol–water partition coefficient (Wildman–Crippen LogP) is 2.42. The summed E-state index contributed by atoms with van der Waals surface area (Å²) in [5.41, 5.74) is 1.14. The molecule has 3 nitrogen and oxygen atoms in total. The summed E-state index contributed by atoms with van der Waals surface area (Å²) in [6.07, 6.45) is 0.862. The van der Waals surface area contributed by atoms with Gasteiger partial charge in [0.25, 0.3) is 0 Å². The number of hydrogen-bond acceptors (Lipinski definition) is 2. The SMILES string of the molecule is CCC(C(=O)N1CCNC(C)C1)c1ccccc1.Cl. The maximum atomic E-state index is 12.6. The van der Waals surface area contributed by atoms with Gasteiger partial charge in [0.1, 0.15) is 0 Å². The summed E-state index contributed by atoms with van der Waals surface area (Å²) in [7, 11) is 0. The van der Waals surface area contributed by atoms with E-state index < -0.39 is 0 Å². The third kappa shape index (κ3) is 3.95. The van der Waals surface area contributed by atoms with Gasteiger partial charge in [-0.05, 0) is 18.9 Å². The highest BCUT2D eigenvalue weighted by molar-refractivity contribution is 5.85. The van der Waals surface area contributed by atoms with E-state index >= 15 is 0 Å². The minimum absolute atomic E-state index is 0. The summed E-state index contributed by atoms with van der Waals surface area (Å²) in [6.45, 7) is 6.76. The molecule has 0 bridgehead atoms. The zero-order valence-corrected chi connectivity index (χ0v) is 12.5. The van der Waals surface area contributed by atoms with Crippen LogP contribution in [-0.2, 0) is 4.79 Å². The van der Waals surface area contributed by atoms with Crippen LogP contribution in [0, 0.1) is 0 Å². The molecule has 106 valence electrons. The van der Waals surface area contributed by atoms with Gasteiger partial charge in [0.15, 0.2) is 0 Å². The summed E-state index contributed by atoms with van der Waals surface area (Å²) in [4.78, 5) is 14.6. The van der Waals surface area contributed by atoms with Gasteiger partial charge in [0.05, 0.1) is 5.92 Å². The fourth-order valence-corrected chi connectivity index (χ4v) is 2.59. The lowest BCUT2D eigenvalue weighted by molar-refractivity contribution is -0.134. The normalized spacial score (nSPS) is 20.5. The van der Waals surface area contributed by atoms with Crippen molar-refractivity contribution in [3.63, 3.8) is 0 Å². The number of carbonyl (C=O) groups excluding carboxylic acids is 1. The average Bonchev–Trinajstić information content (AvgIpc) is 2.41. The molecule has 2 atom stereocenters. The first-order chi connectivity index (χ1) is 8.72. The maximum Gasteiger partial charge on any atom is 0.230 e. The molecular formula is C15H23ClN2O. The van der Waals surface area contributed by atoms with Crippen LogP contribution < -0.4 is 5.32 Å². The molecule has 1 aromatic rings. The van der Waals surface area contributed by atoms with E-state index in [1.54, 1.807) is 0 Å². The van der Waals surface area contributed by atoms with Gasteiger partial charge >= 0.3 is 0 Å². The highest BCUT2D eigenvalue weighted by Gasteiger charge is 2.27. The average molecular weight is 283 g/mol. The molecule has 1 aliphatic rings. The molecule has 0 saturated carbocycles. The van der Waals surface area contributed by atoms with Gasteiger partial charge in [-0.25, -0.2) is 0 Å². The number of amides is 1. The first-order valence-corrected chi connectivity index (χ1v) is 6.79. The Morgan fingerprint density at radius 2 is 2.11 bits per heavy atom. The smallest absolute Gasteiger partial charge is 0.230 e. The van der Waals surface area contributed by atoms with E-state index in [-0.39, 0.29) is 24.2 Å². The molecule has 1 aromatic carbocycles. The van der Waals surface area contributed by atoms with Crippen LogP contribution in [0.3, 0.4) is 0 Å². The van der Waals surface area contributed by atoms with Gasteiger partial charge in [-0.2, -0.15) is 0 Å². The molecule has 1 heterocycles. The Balaban J connectivity index is 0.00000180. The second kappa shape index (κ2) is 7.51. The Kier molecular flexibility index (Phi) is 6.32. The minimum atomic E-state index is 0. The van der Waals surface area contributed by atoms with Crippen molar-refractivity contribution < 1.29 is 4.79 Å². The van der Waals surface area contributed by atoms with Crippen LogP contribution in [0.25, 0.3) is 0 Å². The van der Waals surface area contributed by atoms with Crippen molar-refractivity contribution in [1.29, 1.82) is 0 Å². The summed E-state index contributed by atoms with van der Waals surface area (Å²) >= 11 is 0. The monoisotopic (exact) mass is 282 g/mol. The molecule has 1 saturated heterocycles. The van der Waals surface area contributed by atoms with Crippen LogP contribution in [0.15, 0.2) is 30.3 Å². The van der Waals surface area contributed by atoms with Crippen LogP contribution in [0.5, 0.6) is 0 Å². The Morgan fingerprint density at radius 3 is 2.68 bits per heavy atom. The second-order valence-corrected chi connectivity index (χ2v) is 5.01. The third-order valence-electron chi connectivity index (χ3n) is 3.59. The van der Waals surface area contributed by atoms with E-state index in [2.05, 4.69) is 31.3 Å². The Hall–Kier alpha value is -1.06. The highest BCUT2D eigenvalue weighted by Crippen LogP contribution is 2.22. The maximum absolute atomic E-state index is 12.6. The van der Waals surface area contributed by atoms with Crippen molar-refractivity contribution in [2.45, 2.75) is 32.2 Å². The highest BCUT2D eigenvalue weighted by atomic mass is 35.5. The number of nitrogens with zero attached hydrogens (tertiary/aromatic N) is 1. The van der Waals surface area contributed by atoms with Crippen molar-refractivity contribution in [2.75, 3.05) is 19.6 Å². The molecule has 1 aliphatic heterocycles. The lowest BCUT2D eigenvalue weighted by Crippen LogP contribution is -2.52. The summed E-state index contributed by atoms with van der Waals surface area (Å²) in [5.74, 6) is 0.286. The fourth-order valence-electron chi connectivity index (χ4n) is 2.59. The zero-order valence-electron chi connectivity index (χ0n) is 11.6. The van der Waals surface area contributed by atoms with Crippen LogP contribution in [0.4, 0.5) is 0 Å². The van der Waals surface area contributed by atoms with Crippen molar-refractivity contribution in [1.82, 2.24) is 10.2 Å². The Bertz CT molecular complexity index is 396. The van der Waals surface area contributed by atoms with Gasteiger partial charge in [-0.15, -0.1) is 12.4 Å². The number of rotatable bonds is 3. The molecule has 1 fully saturated rings. The summed E-state index contributed by atoms with van der Waals surface area (Å²) in [6, 6.07) is 10.5. The molecule has 1 N–H and O–H groups in total. The molecule has 0 radical (unpaired) electrons. The van der Waals surface area contributed by atoms with Gasteiger partial charge in [0, 0.05) is 25.7 Å². The molecule has 0 aliphatic carbocycles. The predicted molar refractivity (Wildman–Crippen MR) is 80.8 cm³/mol. The molecule has 19 heavy (non-hydrogen) atoms. The standard InChI is InChI=1S/C15H22N2O.ClH/c1-3-14(13-7-5-4-6-8-13)15(18)17-10-9-16-12(2)11-17;/h4-8,12,14,16H,3,9-11H2,1-2H3;1H. The van der Waals surface area contributed by atoms with Crippen LogP contribution in [0.1, 0.15) is 31.7 Å². The van der Waals surface area contributed by atoms with Crippen molar-refractivity contribution in [3.8, 4) is 0 Å². The number of nitrogens with one attached hydrogen (secondary N) is 1. The van der Waals surface area contributed by atoms with E-state index in [1.165, 1.54) is 0 Å². The number of halogens is 1. The number of piperazine rings is 1. The van der Waals surface area contributed by atoms with E-state index in [4.69, 9.17) is 0 Å². The fraction of sp³-hybridized carbons (Fsp3) is 0.533. The van der Waals surface area contributed by atoms with Crippen LogP contribution >= 0.6 is 12.4 Å². The van der Waals surface area contributed by atoms with Gasteiger partial charge in [-0.3, -0.25) is 4.79 Å². The second-order valence-electron chi connectivity index (χ2n) is 5.01. The molecular weight excluding hydrogens is 260 g/mol. The van der Waals surface area contributed by atoms with E-state index in [1.807, 2.05) is 23.1 Å². The van der Waals surface area contributed by atoms with Gasteiger partial charge in [-0.1, -0.05) is 37.3 Å².